The van der Waals surface area contributed by atoms with Gasteiger partial charge >= 0.3 is 0 Å². The van der Waals surface area contributed by atoms with E-state index < -0.39 is 0 Å². The summed E-state index contributed by atoms with van der Waals surface area (Å²) in [6.45, 7) is 0. The maximum atomic E-state index is 11.8. The molecule has 0 saturated heterocycles. The Balaban J connectivity index is 2.49. The molecule has 0 amide bonds. The number of hydroxylamine groups is 1. The summed E-state index contributed by atoms with van der Waals surface area (Å²) in [4.78, 5) is 0. The quantitative estimate of drug-likeness (QED) is 0.420. The lowest BCUT2D eigenvalue weighted by Gasteiger charge is -2.11. The lowest BCUT2D eigenvalue weighted by atomic mass is 10.0. The number of para-hydroxylation sites is 1. The summed E-state index contributed by atoms with van der Waals surface area (Å²) < 4.78 is 1.07. The zero-order valence-corrected chi connectivity index (χ0v) is 7.55. The van der Waals surface area contributed by atoms with Crippen molar-refractivity contribution in [1.82, 2.24) is 4.74 Å². The monoisotopic (exact) mass is 183 g/mol. The van der Waals surface area contributed by atoms with E-state index in [1.54, 1.807) is 0 Å². The van der Waals surface area contributed by atoms with Gasteiger partial charge in [-0.1, -0.05) is 30.4 Å². The predicted molar refractivity (Wildman–Crippen MR) is 55.8 cm³/mol. The van der Waals surface area contributed by atoms with E-state index in [1.165, 1.54) is 0 Å². The van der Waals surface area contributed by atoms with Gasteiger partial charge in [-0.25, -0.2) is 0 Å². The standard InChI is InChI=1S/C12H9NO/c14-13-11-7-3-1-5-9(11)10-6-2-4-8-12(10)13/h1-8,11H. The number of rotatable bonds is 0. The zero-order chi connectivity index (χ0) is 9.54. The molecule has 68 valence electrons. The first-order valence-corrected chi connectivity index (χ1v) is 4.65. The van der Waals surface area contributed by atoms with E-state index in [0.717, 1.165) is 20.9 Å². The fourth-order valence-corrected chi connectivity index (χ4v) is 2.04. The molecule has 1 unspecified atom stereocenters. The average molecular weight is 183 g/mol. The molecule has 2 nitrogen and oxygen atoms in total. The molecule has 3 rings (SSSR count). The maximum Gasteiger partial charge on any atom is 0.219 e. The van der Waals surface area contributed by atoms with E-state index in [9.17, 15) is 5.21 Å². The minimum atomic E-state index is -0.114. The summed E-state index contributed by atoms with van der Waals surface area (Å²) in [6, 6.07) is 7.62. The van der Waals surface area contributed by atoms with Crippen LogP contribution in [0.15, 0.2) is 48.6 Å². The Hall–Kier alpha value is -1.83. The largest absolute Gasteiger partial charge is 0.623 e. The molecule has 0 aromatic heterocycles. The first kappa shape index (κ1) is 7.56. The fraction of sp³-hybridized carbons (Fsp3) is 0.0833. The lowest BCUT2D eigenvalue weighted by molar-refractivity contribution is 0.735. The third-order valence-corrected chi connectivity index (χ3v) is 2.70. The highest BCUT2D eigenvalue weighted by molar-refractivity contribution is 5.68. The van der Waals surface area contributed by atoms with Crippen LogP contribution in [0.5, 0.6) is 0 Å². The van der Waals surface area contributed by atoms with Gasteiger partial charge in [-0.15, -0.1) is 0 Å². The van der Waals surface area contributed by atoms with Crippen molar-refractivity contribution in [2.75, 3.05) is 0 Å². The highest BCUT2D eigenvalue weighted by Crippen LogP contribution is 2.14. The number of benzene rings is 1. The van der Waals surface area contributed by atoms with Gasteiger partial charge in [0.05, 0.1) is 5.22 Å². The van der Waals surface area contributed by atoms with Crippen molar-refractivity contribution >= 4 is 5.57 Å². The molecule has 0 fully saturated rings. The van der Waals surface area contributed by atoms with Crippen LogP contribution in [0.2, 0.25) is 0 Å². The molecule has 1 heterocycles. The average Bonchev–Trinajstić information content (AvgIpc) is 2.55. The van der Waals surface area contributed by atoms with Gasteiger partial charge in [0.2, 0.25) is 11.4 Å². The van der Waals surface area contributed by atoms with Gasteiger partial charge in [-0.05, 0) is 12.1 Å². The van der Waals surface area contributed by atoms with Crippen molar-refractivity contribution in [2.24, 2.45) is 0 Å². The van der Waals surface area contributed by atoms with Gasteiger partial charge < -0.3 is 5.21 Å². The molecule has 1 aliphatic carbocycles. The van der Waals surface area contributed by atoms with E-state index in [2.05, 4.69) is 0 Å². The van der Waals surface area contributed by atoms with E-state index >= 15 is 0 Å². The van der Waals surface area contributed by atoms with Crippen LogP contribution in [-0.4, -0.2) is 6.04 Å². The normalized spacial score (nSPS) is 22.4. The second-order valence-corrected chi connectivity index (χ2v) is 3.49. The Morgan fingerprint density at radius 3 is 2.93 bits per heavy atom. The molecule has 1 aromatic carbocycles. The third kappa shape index (κ3) is 0.826. The Bertz CT molecular complexity index is 566. The highest BCUT2D eigenvalue weighted by Gasteiger charge is 2.25. The molecule has 1 aliphatic heterocycles. The topological polar surface area (TPSA) is 26.1 Å². The smallest absolute Gasteiger partial charge is 0.219 e. The number of hydrogen-bond donors (Lipinski definition) is 0. The molecule has 2 heteroatoms. The van der Waals surface area contributed by atoms with Gasteiger partial charge in [0.25, 0.3) is 0 Å². The number of nitrogens with zero attached hydrogens (tertiary/aromatic N) is 1. The second kappa shape index (κ2) is 2.58. The van der Waals surface area contributed by atoms with Crippen molar-refractivity contribution in [3.8, 4) is 0 Å². The Morgan fingerprint density at radius 1 is 1.14 bits per heavy atom. The number of fused-ring (bicyclic) bond motifs is 2. The van der Waals surface area contributed by atoms with Crippen molar-refractivity contribution in [2.45, 2.75) is 6.04 Å². The van der Waals surface area contributed by atoms with E-state index in [-0.39, 0.29) is 6.04 Å². The van der Waals surface area contributed by atoms with Crippen molar-refractivity contribution in [1.29, 1.82) is 0 Å². The summed E-state index contributed by atoms with van der Waals surface area (Å²) in [6.07, 6.45) is 7.84. The summed E-state index contributed by atoms with van der Waals surface area (Å²) in [5.74, 6) is 0. The van der Waals surface area contributed by atoms with Crippen LogP contribution < -0.4 is 15.3 Å². The minimum Gasteiger partial charge on any atom is -0.623 e. The van der Waals surface area contributed by atoms with Crippen LogP contribution in [0.25, 0.3) is 5.57 Å². The molecule has 1 aromatic rings. The number of allylic oxidation sites excluding steroid dienone is 2. The highest BCUT2D eigenvalue weighted by atomic mass is 16.5. The Labute approximate surface area is 81.4 Å². The van der Waals surface area contributed by atoms with Gasteiger partial charge in [-0.2, -0.15) is 4.74 Å². The van der Waals surface area contributed by atoms with Crippen molar-refractivity contribution in [3.05, 3.63) is 64.4 Å². The summed E-state index contributed by atoms with van der Waals surface area (Å²) >= 11 is 0. The van der Waals surface area contributed by atoms with Crippen molar-refractivity contribution in [3.63, 3.8) is 0 Å². The maximum absolute atomic E-state index is 11.8. The molecule has 14 heavy (non-hydrogen) atoms. The Kier molecular flexibility index (Phi) is 1.39. The first-order valence-electron chi connectivity index (χ1n) is 4.65. The molecular weight excluding hydrogens is 174 g/mol. The van der Waals surface area contributed by atoms with Crippen LogP contribution in [-0.2, 0) is 0 Å². The third-order valence-electron chi connectivity index (χ3n) is 2.70. The molecule has 0 N–H and O–H groups in total. The summed E-state index contributed by atoms with van der Waals surface area (Å²) in [5.41, 5.74) is 1.11. The second-order valence-electron chi connectivity index (χ2n) is 3.49. The van der Waals surface area contributed by atoms with E-state index in [0.29, 0.717) is 0 Å². The summed E-state index contributed by atoms with van der Waals surface area (Å²) in [7, 11) is 0. The van der Waals surface area contributed by atoms with Crippen LogP contribution in [0.1, 0.15) is 0 Å². The van der Waals surface area contributed by atoms with Crippen LogP contribution in [0, 0.1) is 5.21 Å². The van der Waals surface area contributed by atoms with Gasteiger partial charge in [0, 0.05) is 11.6 Å². The molecule has 0 radical (unpaired) electrons. The lowest BCUT2D eigenvalue weighted by Crippen LogP contribution is -2.32. The molecular formula is C12H9NO. The van der Waals surface area contributed by atoms with Gasteiger partial charge in [0.15, 0.2) is 0 Å². The van der Waals surface area contributed by atoms with E-state index in [4.69, 9.17) is 0 Å². The molecule has 0 spiro atoms. The Morgan fingerprint density at radius 2 is 2.00 bits per heavy atom. The van der Waals surface area contributed by atoms with E-state index in [1.807, 2.05) is 48.6 Å². The minimum absolute atomic E-state index is 0.114. The summed E-state index contributed by atoms with van der Waals surface area (Å²) in [5, 5.41) is 13.7. The molecule has 1 atom stereocenters. The molecule has 0 bridgehead atoms. The van der Waals surface area contributed by atoms with Gasteiger partial charge in [0.1, 0.15) is 0 Å². The van der Waals surface area contributed by atoms with Crippen LogP contribution in [0.3, 0.4) is 0 Å². The zero-order valence-electron chi connectivity index (χ0n) is 7.55. The SMILES string of the molecule is [O-][N+]1=c2ccccc2=C2C=CC=CC21. The van der Waals surface area contributed by atoms with Gasteiger partial charge in [-0.3, -0.25) is 0 Å². The van der Waals surface area contributed by atoms with Crippen molar-refractivity contribution < 1.29 is 0 Å². The number of hydrogen-bond acceptors (Lipinski definition) is 1. The fourth-order valence-electron chi connectivity index (χ4n) is 2.04. The van der Waals surface area contributed by atoms with Crippen LogP contribution in [0.4, 0.5) is 0 Å². The molecule has 0 saturated carbocycles. The first-order chi connectivity index (χ1) is 6.88. The van der Waals surface area contributed by atoms with Crippen LogP contribution >= 0.6 is 0 Å². The predicted octanol–water partition coefficient (Wildman–Crippen LogP) is 0.334. The molecule has 2 aliphatic rings.